The fourth-order valence-electron chi connectivity index (χ4n) is 1.28. The Morgan fingerprint density at radius 1 is 1.47 bits per heavy atom. The van der Waals surface area contributed by atoms with Crippen LogP contribution in [0.2, 0.25) is 0 Å². The molecule has 7 heteroatoms. The largest absolute Gasteiger partial charge is 0.495 e. The summed E-state index contributed by atoms with van der Waals surface area (Å²) in [6.45, 7) is -0.385. The quantitative estimate of drug-likeness (QED) is 0.873. The molecule has 3 nitrogen and oxygen atoms in total. The molecule has 0 spiro atoms. The Labute approximate surface area is 104 Å². The third kappa shape index (κ3) is 2.98. The Morgan fingerprint density at radius 2 is 2.06 bits per heavy atom. The standard InChI is InChI=1S/C10H9BrF3NO2/c1-17-9-6(8(16)4-15)2-5(3-7(9)11)10(12,13)14/h2-3H,4,15H2,1H3. The summed E-state index contributed by atoms with van der Waals surface area (Å²) in [6.07, 6.45) is -4.53. The number of ketones is 1. The van der Waals surface area contributed by atoms with Gasteiger partial charge in [-0.25, -0.2) is 0 Å². The molecule has 1 rings (SSSR count). The van der Waals surface area contributed by atoms with Crippen LogP contribution in [-0.4, -0.2) is 19.4 Å². The van der Waals surface area contributed by atoms with Gasteiger partial charge in [-0.3, -0.25) is 4.79 Å². The van der Waals surface area contributed by atoms with Crippen molar-refractivity contribution in [3.63, 3.8) is 0 Å². The smallest absolute Gasteiger partial charge is 0.416 e. The first-order valence-corrected chi connectivity index (χ1v) is 5.28. The number of rotatable bonds is 3. The maximum Gasteiger partial charge on any atom is 0.416 e. The summed E-state index contributed by atoms with van der Waals surface area (Å²) in [7, 11) is 1.26. The highest BCUT2D eigenvalue weighted by molar-refractivity contribution is 9.10. The molecule has 0 unspecified atom stereocenters. The van der Waals surface area contributed by atoms with Crippen molar-refractivity contribution in [3.8, 4) is 5.75 Å². The van der Waals surface area contributed by atoms with E-state index >= 15 is 0 Å². The molecular formula is C10H9BrF3NO2. The molecular weight excluding hydrogens is 303 g/mol. The van der Waals surface area contributed by atoms with Gasteiger partial charge in [0.1, 0.15) is 5.75 Å². The Bertz CT molecular complexity index is 446. The van der Waals surface area contributed by atoms with E-state index in [0.29, 0.717) is 0 Å². The number of benzene rings is 1. The van der Waals surface area contributed by atoms with E-state index in [2.05, 4.69) is 15.9 Å². The van der Waals surface area contributed by atoms with Gasteiger partial charge in [0.15, 0.2) is 5.78 Å². The van der Waals surface area contributed by atoms with Crippen molar-refractivity contribution in [1.82, 2.24) is 0 Å². The third-order valence-corrected chi connectivity index (χ3v) is 2.65. The number of carbonyl (C=O) groups is 1. The van der Waals surface area contributed by atoms with Gasteiger partial charge < -0.3 is 10.5 Å². The van der Waals surface area contributed by atoms with E-state index in [1.807, 2.05) is 0 Å². The summed E-state index contributed by atoms with van der Waals surface area (Å²) in [5, 5.41) is 0. The lowest BCUT2D eigenvalue weighted by molar-refractivity contribution is -0.137. The van der Waals surface area contributed by atoms with Crippen molar-refractivity contribution in [2.24, 2.45) is 5.73 Å². The van der Waals surface area contributed by atoms with Crippen molar-refractivity contribution in [2.75, 3.05) is 13.7 Å². The maximum atomic E-state index is 12.5. The molecule has 0 saturated carbocycles. The summed E-state index contributed by atoms with van der Waals surface area (Å²) in [5.41, 5.74) is 4.02. The van der Waals surface area contributed by atoms with Crippen LogP contribution in [-0.2, 0) is 6.18 Å². The molecule has 0 atom stereocenters. The normalized spacial score (nSPS) is 11.4. The SMILES string of the molecule is COc1c(Br)cc(C(F)(F)F)cc1C(=O)CN. The first-order valence-electron chi connectivity index (χ1n) is 4.49. The Morgan fingerprint density at radius 3 is 2.47 bits per heavy atom. The predicted octanol–water partition coefficient (Wildman–Crippen LogP) is 2.62. The minimum atomic E-state index is -4.53. The van der Waals surface area contributed by atoms with E-state index in [1.165, 1.54) is 7.11 Å². The van der Waals surface area contributed by atoms with Crippen molar-refractivity contribution < 1.29 is 22.7 Å². The zero-order valence-electron chi connectivity index (χ0n) is 8.77. The van der Waals surface area contributed by atoms with Crippen LogP contribution in [0, 0.1) is 0 Å². The van der Waals surface area contributed by atoms with Gasteiger partial charge in [0, 0.05) is 0 Å². The van der Waals surface area contributed by atoms with Crippen LogP contribution in [0.3, 0.4) is 0 Å². The Hall–Kier alpha value is -1.08. The molecule has 0 saturated heterocycles. The van der Waals surface area contributed by atoms with Crippen molar-refractivity contribution >= 4 is 21.7 Å². The topological polar surface area (TPSA) is 52.3 Å². The summed E-state index contributed by atoms with van der Waals surface area (Å²) < 4.78 is 42.6. The molecule has 17 heavy (non-hydrogen) atoms. The molecule has 0 fully saturated rings. The van der Waals surface area contributed by atoms with Crippen LogP contribution in [0.4, 0.5) is 13.2 Å². The van der Waals surface area contributed by atoms with Gasteiger partial charge in [0.05, 0.1) is 29.3 Å². The molecule has 0 amide bonds. The van der Waals surface area contributed by atoms with Gasteiger partial charge in [-0.05, 0) is 28.1 Å². The fraction of sp³-hybridized carbons (Fsp3) is 0.300. The molecule has 0 bridgehead atoms. The van der Waals surface area contributed by atoms with Gasteiger partial charge >= 0.3 is 6.18 Å². The van der Waals surface area contributed by atoms with Crippen molar-refractivity contribution in [2.45, 2.75) is 6.18 Å². The second-order valence-corrected chi connectivity index (χ2v) is 4.02. The highest BCUT2D eigenvalue weighted by Gasteiger charge is 2.33. The van der Waals surface area contributed by atoms with E-state index in [4.69, 9.17) is 10.5 Å². The number of Topliss-reactive ketones (excluding diaryl/α,β-unsaturated/α-hetero) is 1. The summed E-state index contributed by atoms with van der Waals surface area (Å²) in [5.74, 6) is -0.567. The molecule has 2 N–H and O–H groups in total. The van der Waals surface area contributed by atoms with E-state index in [1.54, 1.807) is 0 Å². The maximum absolute atomic E-state index is 12.5. The van der Waals surface area contributed by atoms with Crippen molar-refractivity contribution in [1.29, 1.82) is 0 Å². The second kappa shape index (κ2) is 5.05. The van der Waals surface area contributed by atoms with E-state index in [9.17, 15) is 18.0 Å². The Balaban J connectivity index is 3.44. The average molecular weight is 312 g/mol. The summed E-state index contributed by atoms with van der Waals surface area (Å²) in [4.78, 5) is 11.4. The van der Waals surface area contributed by atoms with E-state index in [-0.39, 0.29) is 22.3 Å². The first kappa shape index (κ1) is 14.0. The lowest BCUT2D eigenvalue weighted by Crippen LogP contribution is -2.16. The highest BCUT2D eigenvalue weighted by atomic mass is 79.9. The molecule has 0 aliphatic heterocycles. The zero-order chi connectivity index (χ0) is 13.2. The second-order valence-electron chi connectivity index (χ2n) is 3.16. The Kier molecular flexibility index (Phi) is 4.16. The number of ether oxygens (including phenoxy) is 1. The number of methoxy groups -OCH3 is 1. The van der Waals surface area contributed by atoms with Gasteiger partial charge in [0.2, 0.25) is 0 Å². The number of nitrogens with two attached hydrogens (primary N) is 1. The lowest BCUT2D eigenvalue weighted by atomic mass is 10.1. The van der Waals surface area contributed by atoms with Gasteiger partial charge in [-0.15, -0.1) is 0 Å². The summed E-state index contributed by atoms with van der Waals surface area (Å²) >= 11 is 2.93. The average Bonchev–Trinajstić information content (AvgIpc) is 2.25. The molecule has 0 aliphatic rings. The minimum Gasteiger partial charge on any atom is -0.495 e. The van der Waals surface area contributed by atoms with Crippen LogP contribution in [0.1, 0.15) is 15.9 Å². The van der Waals surface area contributed by atoms with Crippen LogP contribution >= 0.6 is 15.9 Å². The van der Waals surface area contributed by atoms with Gasteiger partial charge in [-0.2, -0.15) is 13.2 Å². The highest BCUT2D eigenvalue weighted by Crippen LogP contribution is 2.37. The molecule has 94 valence electrons. The van der Waals surface area contributed by atoms with Crippen LogP contribution in [0.5, 0.6) is 5.75 Å². The molecule has 0 aliphatic carbocycles. The first-order chi connectivity index (χ1) is 7.81. The molecule has 0 aromatic heterocycles. The van der Waals surface area contributed by atoms with E-state index < -0.39 is 17.5 Å². The van der Waals surface area contributed by atoms with Gasteiger partial charge in [-0.1, -0.05) is 0 Å². The predicted molar refractivity (Wildman–Crippen MR) is 59.1 cm³/mol. The van der Waals surface area contributed by atoms with Crippen molar-refractivity contribution in [3.05, 3.63) is 27.7 Å². The van der Waals surface area contributed by atoms with Gasteiger partial charge in [0.25, 0.3) is 0 Å². The fourth-order valence-corrected chi connectivity index (χ4v) is 1.90. The van der Waals surface area contributed by atoms with Crippen LogP contribution in [0.15, 0.2) is 16.6 Å². The molecule has 0 heterocycles. The monoisotopic (exact) mass is 311 g/mol. The minimum absolute atomic E-state index is 0.0495. The lowest BCUT2D eigenvalue weighted by Gasteiger charge is -2.13. The zero-order valence-corrected chi connectivity index (χ0v) is 10.4. The number of carbonyl (C=O) groups excluding carboxylic acids is 1. The molecule has 0 radical (unpaired) electrons. The number of hydrogen-bond acceptors (Lipinski definition) is 3. The number of halogens is 4. The van der Waals surface area contributed by atoms with Crippen LogP contribution < -0.4 is 10.5 Å². The number of alkyl halides is 3. The summed E-state index contributed by atoms with van der Waals surface area (Å²) in [6, 6.07) is 1.59. The number of hydrogen-bond donors (Lipinski definition) is 1. The molecule has 1 aromatic carbocycles. The van der Waals surface area contributed by atoms with Crippen LogP contribution in [0.25, 0.3) is 0 Å². The third-order valence-electron chi connectivity index (χ3n) is 2.06. The van der Waals surface area contributed by atoms with E-state index in [0.717, 1.165) is 12.1 Å². The molecule has 1 aromatic rings.